The molecule has 5 nitrogen and oxygen atoms in total. The molecule has 25 heavy (non-hydrogen) atoms. The van der Waals surface area contributed by atoms with E-state index in [0.717, 1.165) is 5.69 Å². The average Bonchev–Trinajstić information content (AvgIpc) is 2.58. The topological polar surface area (TPSA) is 68.9 Å². The fourth-order valence-corrected chi connectivity index (χ4v) is 1.97. The van der Waals surface area contributed by atoms with E-state index in [1.165, 1.54) is 13.2 Å². The van der Waals surface area contributed by atoms with E-state index < -0.39 is 12.8 Å². The van der Waals surface area contributed by atoms with Gasteiger partial charge in [-0.05, 0) is 29.8 Å². The summed E-state index contributed by atoms with van der Waals surface area (Å²) >= 11 is 0. The molecule has 0 spiro atoms. The van der Waals surface area contributed by atoms with Crippen molar-refractivity contribution in [2.24, 2.45) is 10.7 Å². The van der Waals surface area contributed by atoms with E-state index in [2.05, 4.69) is 10.3 Å². The van der Waals surface area contributed by atoms with Crippen LogP contribution in [0.2, 0.25) is 0 Å². The number of rotatable bonds is 6. The van der Waals surface area contributed by atoms with Gasteiger partial charge >= 0.3 is 6.18 Å². The number of benzene rings is 2. The third-order valence-electron chi connectivity index (χ3n) is 3.10. The van der Waals surface area contributed by atoms with Crippen molar-refractivity contribution in [1.29, 1.82) is 0 Å². The molecule has 0 unspecified atom stereocenters. The second kappa shape index (κ2) is 8.27. The Bertz CT molecular complexity index is 719. The fourth-order valence-electron chi connectivity index (χ4n) is 1.97. The summed E-state index contributed by atoms with van der Waals surface area (Å²) in [4.78, 5) is 4.19. The summed E-state index contributed by atoms with van der Waals surface area (Å²) < 4.78 is 46.5. The molecule has 0 saturated carbocycles. The lowest BCUT2D eigenvalue weighted by molar-refractivity contribution is -0.153. The molecule has 2 rings (SSSR count). The zero-order chi connectivity index (χ0) is 18.3. The van der Waals surface area contributed by atoms with Gasteiger partial charge < -0.3 is 20.5 Å². The Balaban J connectivity index is 2.01. The first-order valence-corrected chi connectivity index (χ1v) is 7.36. The molecular formula is C17H18F3N3O2. The summed E-state index contributed by atoms with van der Waals surface area (Å²) in [6.07, 6.45) is -4.41. The van der Waals surface area contributed by atoms with Crippen molar-refractivity contribution in [3.05, 3.63) is 54.1 Å². The minimum Gasteiger partial charge on any atom is -0.493 e. The first kappa shape index (κ1) is 18.4. The molecule has 0 atom stereocenters. The molecule has 0 heterocycles. The number of nitrogens with one attached hydrogen (secondary N) is 1. The van der Waals surface area contributed by atoms with E-state index >= 15 is 0 Å². The number of halogens is 3. The van der Waals surface area contributed by atoms with Gasteiger partial charge in [-0.2, -0.15) is 13.2 Å². The van der Waals surface area contributed by atoms with Crippen LogP contribution in [-0.2, 0) is 6.54 Å². The van der Waals surface area contributed by atoms with Crippen molar-refractivity contribution in [2.75, 3.05) is 19.0 Å². The summed E-state index contributed by atoms with van der Waals surface area (Å²) in [5.74, 6) is 0.442. The van der Waals surface area contributed by atoms with Crippen LogP contribution >= 0.6 is 0 Å². The van der Waals surface area contributed by atoms with Crippen LogP contribution in [0.1, 0.15) is 5.56 Å². The van der Waals surface area contributed by atoms with Crippen LogP contribution < -0.4 is 20.5 Å². The second-order valence-electron chi connectivity index (χ2n) is 5.08. The SMILES string of the molecule is COc1cc(CN=C(N)Nc2ccccc2)ccc1OCC(F)(F)F. The molecule has 2 aromatic rings. The van der Waals surface area contributed by atoms with Gasteiger partial charge in [0.2, 0.25) is 0 Å². The standard InChI is InChI=1S/C17H18F3N3O2/c1-24-15-9-12(7-8-14(15)25-11-17(18,19)20)10-22-16(21)23-13-5-3-2-4-6-13/h2-9H,10-11H2,1H3,(H3,21,22,23). The molecule has 0 radical (unpaired) electrons. The van der Waals surface area contributed by atoms with Crippen molar-refractivity contribution >= 4 is 11.6 Å². The number of nitrogens with two attached hydrogens (primary N) is 1. The van der Waals surface area contributed by atoms with E-state index in [1.807, 2.05) is 30.3 Å². The molecule has 0 aliphatic rings. The highest BCUT2D eigenvalue weighted by atomic mass is 19.4. The number of aliphatic imine (C=N–C) groups is 1. The van der Waals surface area contributed by atoms with Crippen LogP contribution in [0.5, 0.6) is 11.5 Å². The van der Waals surface area contributed by atoms with Gasteiger partial charge in [0.1, 0.15) is 0 Å². The maximum absolute atomic E-state index is 12.2. The van der Waals surface area contributed by atoms with E-state index in [4.69, 9.17) is 15.2 Å². The van der Waals surface area contributed by atoms with Gasteiger partial charge in [0.25, 0.3) is 0 Å². The number of ether oxygens (including phenoxy) is 2. The third-order valence-corrected chi connectivity index (χ3v) is 3.10. The van der Waals surface area contributed by atoms with Crippen molar-refractivity contribution in [2.45, 2.75) is 12.7 Å². The van der Waals surface area contributed by atoms with E-state index in [0.29, 0.717) is 5.56 Å². The van der Waals surface area contributed by atoms with Gasteiger partial charge in [-0.1, -0.05) is 24.3 Å². The summed E-state index contributed by atoms with van der Waals surface area (Å²) in [7, 11) is 1.36. The lowest BCUT2D eigenvalue weighted by atomic mass is 10.2. The van der Waals surface area contributed by atoms with Gasteiger partial charge in [-0.3, -0.25) is 0 Å². The number of nitrogens with zero attached hydrogens (tertiary/aromatic N) is 1. The Kier molecular flexibility index (Phi) is 6.10. The van der Waals surface area contributed by atoms with Crippen LogP contribution in [0.15, 0.2) is 53.5 Å². The van der Waals surface area contributed by atoms with Crippen molar-refractivity contribution in [3.8, 4) is 11.5 Å². The molecule has 0 fully saturated rings. The number of methoxy groups -OCH3 is 1. The van der Waals surface area contributed by atoms with E-state index in [-0.39, 0.29) is 24.0 Å². The second-order valence-corrected chi connectivity index (χ2v) is 5.08. The van der Waals surface area contributed by atoms with Gasteiger partial charge in [0.15, 0.2) is 24.1 Å². The highest BCUT2D eigenvalue weighted by Gasteiger charge is 2.29. The van der Waals surface area contributed by atoms with Crippen LogP contribution in [0.25, 0.3) is 0 Å². The van der Waals surface area contributed by atoms with E-state index in [9.17, 15) is 13.2 Å². The number of hydrogen-bond donors (Lipinski definition) is 2. The molecule has 0 aromatic heterocycles. The molecule has 0 saturated heterocycles. The number of alkyl halides is 3. The molecule has 0 aliphatic carbocycles. The number of hydrogen-bond acceptors (Lipinski definition) is 3. The Labute approximate surface area is 143 Å². The largest absolute Gasteiger partial charge is 0.493 e. The highest BCUT2D eigenvalue weighted by Crippen LogP contribution is 2.30. The van der Waals surface area contributed by atoms with Gasteiger partial charge in [-0.25, -0.2) is 4.99 Å². The van der Waals surface area contributed by atoms with Gasteiger partial charge in [0.05, 0.1) is 13.7 Å². The van der Waals surface area contributed by atoms with Crippen molar-refractivity contribution in [3.63, 3.8) is 0 Å². The molecule has 2 aromatic carbocycles. The van der Waals surface area contributed by atoms with Crippen molar-refractivity contribution in [1.82, 2.24) is 0 Å². The Hall–Kier alpha value is -2.90. The Morgan fingerprint density at radius 2 is 1.84 bits per heavy atom. The van der Waals surface area contributed by atoms with Crippen LogP contribution in [0.3, 0.4) is 0 Å². The Morgan fingerprint density at radius 3 is 2.48 bits per heavy atom. The van der Waals surface area contributed by atoms with Gasteiger partial charge in [0, 0.05) is 5.69 Å². The summed E-state index contributed by atoms with van der Waals surface area (Å²) in [6, 6.07) is 13.9. The average molecular weight is 353 g/mol. The third kappa shape index (κ3) is 6.25. The molecule has 0 amide bonds. The lowest BCUT2D eigenvalue weighted by Crippen LogP contribution is -2.22. The van der Waals surface area contributed by atoms with Crippen molar-refractivity contribution < 1.29 is 22.6 Å². The molecule has 0 aliphatic heterocycles. The normalized spacial score (nSPS) is 11.9. The Morgan fingerprint density at radius 1 is 1.12 bits per heavy atom. The summed E-state index contributed by atoms with van der Waals surface area (Å²) in [5.41, 5.74) is 7.33. The monoisotopic (exact) mass is 353 g/mol. The maximum atomic E-state index is 12.2. The first-order valence-electron chi connectivity index (χ1n) is 7.36. The molecular weight excluding hydrogens is 335 g/mol. The maximum Gasteiger partial charge on any atom is 0.422 e. The van der Waals surface area contributed by atoms with Gasteiger partial charge in [-0.15, -0.1) is 0 Å². The number of para-hydroxylation sites is 1. The number of guanidine groups is 1. The minimum atomic E-state index is -4.41. The molecule has 134 valence electrons. The van der Waals surface area contributed by atoms with Crippen LogP contribution in [0.4, 0.5) is 18.9 Å². The predicted octanol–water partition coefficient (Wildman–Crippen LogP) is 3.56. The molecule has 3 N–H and O–H groups in total. The molecule has 0 bridgehead atoms. The van der Waals surface area contributed by atoms with Crippen LogP contribution in [-0.4, -0.2) is 25.9 Å². The first-order chi connectivity index (χ1) is 11.9. The smallest absolute Gasteiger partial charge is 0.422 e. The fraction of sp³-hybridized carbons (Fsp3) is 0.235. The zero-order valence-corrected chi connectivity index (χ0v) is 13.5. The molecule has 8 heteroatoms. The number of anilines is 1. The predicted molar refractivity (Wildman–Crippen MR) is 89.9 cm³/mol. The minimum absolute atomic E-state index is 0.0166. The quantitative estimate of drug-likeness (QED) is 0.615. The summed E-state index contributed by atoms with van der Waals surface area (Å²) in [6.45, 7) is -1.14. The lowest BCUT2D eigenvalue weighted by Gasteiger charge is -2.13. The van der Waals surface area contributed by atoms with E-state index in [1.54, 1.807) is 12.1 Å². The summed E-state index contributed by atoms with van der Waals surface area (Å²) in [5, 5.41) is 2.94. The highest BCUT2D eigenvalue weighted by molar-refractivity contribution is 5.92. The zero-order valence-electron chi connectivity index (χ0n) is 13.5. The van der Waals surface area contributed by atoms with Crippen LogP contribution in [0, 0.1) is 0 Å².